The standard InChI is InChI=1S/C14H25N3O3S/c1-10(2)15-8-13-7-14(11(3)20-13)21(18,19)16-12-5-6-17(4)9-12/h7,10,12,15-16H,5-6,8-9H2,1-4H3. The fourth-order valence-electron chi connectivity index (χ4n) is 2.50. The summed E-state index contributed by atoms with van der Waals surface area (Å²) >= 11 is 0. The highest BCUT2D eigenvalue weighted by Crippen LogP contribution is 2.21. The first-order valence-electron chi connectivity index (χ1n) is 7.31. The number of sulfonamides is 1. The summed E-state index contributed by atoms with van der Waals surface area (Å²) in [6.07, 6.45) is 0.842. The maximum atomic E-state index is 12.5. The lowest BCUT2D eigenvalue weighted by Crippen LogP contribution is -2.36. The molecule has 1 unspecified atom stereocenters. The predicted octanol–water partition coefficient (Wildman–Crippen LogP) is 1.07. The number of hydrogen-bond acceptors (Lipinski definition) is 5. The summed E-state index contributed by atoms with van der Waals surface area (Å²) in [5, 5.41) is 3.22. The van der Waals surface area contributed by atoms with Gasteiger partial charge >= 0.3 is 0 Å². The number of likely N-dealkylation sites (tertiary alicyclic amines) is 1. The van der Waals surface area contributed by atoms with E-state index < -0.39 is 10.0 Å². The molecule has 1 fully saturated rings. The third-order valence-corrected chi connectivity index (χ3v) is 5.24. The monoisotopic (exact) mass is 315 g/mol. The van der Waals surface area contributed by atoms with E-state index in [4.69, 9.17) is 4.42 Å². The summed E-state index contributed by atoms with van der Waals surface area (Å²) in [4.78, 5) is 2.37. The van der Waals surface area contributed by atoms with E-state index >= 15 is 0 Å². The molecule has 2 N–H and O–H groups in total. The molecular formula is C14H25N3O3S. The van der Waals surface area contributed by atoms with Crippen molar-refractivity contribution >= 4 is 10.0 Å². The molecule has 0 radical (unpaired) electrons. The molecule has 0 saturated carbocycles. The Morgan fingerprint density at radius 3 is 2.76 bits per heavy atom. The largest absolute Gasteiger partial charge is 0.464 e. The first-order valence-corrected chi connectivity index (χ1v) is 8.80. The molecule has 7 heteroatoms. The van der Waals surface area contributed by atoms with E-state index in [-0.39, 0.29) is 10.9 Å². The Bertz CT molecular complexity index is 580. The van der Waals surface area contributed by atoms with Crippen LogP contribution in [0.5, 0.6) is 0 Å². The van der Waals surface area contributed by atoms with Gasteiger partial charge in [0.2, 0.25) is 10.0 Å². The van der Waals surface area contributed by atoms with E-state index in [9.17, 15) is 8.42 Å². The van der Waals surface area contributed by atoms with Gasteiger partial charge in [0.15, 0.2) is 0 Å². The second-order valence-corrected chi connectivity index (χ2v) is 7.72. The molecule has 0 amide bonds. The average molecular weight is 315 g/mol. The molecule has 6 nitrogen and oxygen atoms in total. The van der Waals surface area contributed by atoms with E-state index in [2.05, 4.69) is 14.9 Å². The Hall–Kier alpha value is -0.890. The van der Waals surface area contributed by atoms with Crippen LogP contribution in [0.3, 0.4) is 0 Å². The van der Waals surface area contributed by atoms with Gasteiger partial charge in [0.05, 0.1) is 6.54 Å². The first kappa shape index (κ1) is 16.5. The number of aryl methyl sites for hydroxylation is 1. The molecule has 1 aromatic rings. The Morgan fingerprint density at radius 2 is 2.19 bits per heavy atom. The summed E-state index contributed by atoms with van der Waals surface area (Å²) in [7, 11) is -1.52. The second-order valence-electron chi connectivity index (χ2n) is 6.04. The number of nitrogens with zero attached hydrogens (tertiary/aromatic N) is 1. The van der Waals surface area contributed by atoms with Crippen molar-refractivity contribution in [3.8, 4) is 0 Å². The van der Waals surface area contributed by atoms with Crippen molar-refractivity contribution in [2.45, 2.75) is 50.7 Å². The molecule has 120 valence electrons. The summed E-state index contributed by atoms with van der Waals surface area (Å²) in [6.45, 7) is 7.95. The highest BCUT2D eigenvalue weighted by Gasteiger charge is 2.28. The van der Waals surface area contributed by atoms with Crippen LogP contribution in [0, 0.1) is 6.92 Å². The molecule has 21 heavy (non-hydrogen) atoms. The third-order valence-electron chi connectivity index (χ3n) is 3.61. The summed E-state index contributed by atoms with van der Waals surface area (Å²) in [5.74, 6) is 1.08. The van der Waals surface area contributed by atoms with Gasteiger partial charge in [-0.2, -0.15) is 0 Å². The molecule has 1 aromatic heterocycles. The predicted molar refractivity (Wildman–Crippen MR) is 81.6 cm³/mol. The molecule has 2 rings (SSSR count). The minimum absolute atomic E-state index is 0.0217. The molecule has 0 spiro atoms. The average Bonchev–Trinajstić information content (AvgIpc) is 2.93. The van der Waals surface area contributed by atoms with Crippen LogP contribution < -0.4 is 10.0 Å². The van der Waals surface area contributed by atoms with Crippen LogP contribution in [0.2, 0.25) is 0 Å². The van der Waals surface area contributed by atoms with Gasteiger partial charge < -0.3 is 14.6 Å². The van der Waals surface area contributed by atoms with Crippen LogP contribution in [0.15, 0.2) is 15.4 Å². The molecule has 0 aromatic carbocycles. The Labute approximate surface area is 126 Å². The van der Waals surface area contributed by atoms with Crippen LogP contribution in [0.4, 0.5) is 0 Å². The van der Waals surface area contributed by atoms with Gasteiger partial charge in [-0.25, -0.2) is 13.1 Å². The summed E-state index contributed by atoms with van der Waals surface area (Å²) in [6, 6.07) is 1.92. The van der Waals surface area contributed by atoms with Crippen molar-refractivity contribution in [3.05, 3.63) is 17.6 Å². The van der Waals surface area contributed by atoms with Gasteiger partial charge in [-0.15, -0.1) is 0 Å². The van der Waals surface area contributed by atoms with Gasteiger partial charge in [-0.3, -0.25) is 0 Å². The molecular weight excluding hydrogens is 290 g/mol. The smallest absolute Gasteiger partial charge is 0.244 e. The zero-order valence-corrected chi connectivity index (χ0v) is 14.0. The lowest BCUT2D eigenvalue weighted by atomic mass is 10.3. The van der Waals surface area contributed by atoms with Crippen LogP contribution in [0.1, 0.15) is 31.8 Å². The first-order chi connectivity index (χ1) is 9.78. The second kappa shape index (κ2) is 6.48. The van der Waals surface area contributed by atoms with E-state index in [1.807, 2.05) is 20.9 Å². The lowest BCUT2D eigenvalue weighted by Gasteiger charge is -2.12. The van der Waals surface area contributed by atoms with Crippen LogP contribution in [-0.2, 0) is 16.6 Å². The molecule has 1 aliphatic heterocycles. The summed E-state index contributed by atoms with van der Waals surface area (Å²) in [5.41, 5.74) is 0. The van der Waals surface area contributed by atoms with E-state index in [0.29, 0.717) is 24.1 Å². The van der Waals surface area contributed by atoms with Crippen molar-refractivity contribution in [2.24, 2.45) is 0 Å². The van der Waals surface area contributed by atoms with Crippen LogP contribution in [0.25, 0.3) is 0 Å². The SMILES string of the molecule is Cc1oc(CNC(C)C)cc1S(=O)(=O)NC1CCN(C)C1. The Morgan fingerprint density at radius 1 is 1.48 bits per heavy atom. The zero-order chi connectivity index (χ0) is 15.6. The normalized spacial score (nSPS) is 20.5. The van der Waals surface area contributed by atoms with Crippen LogP contribution in [-0.4, -0.2) is 45.5 Å². The van der Waals surface area contributed by atoms with Gasteiger partial charge in [0.25, 0.3) is 0 Å². The fraction of sp³-hybridized carbons (Fsp3) is 0.714. The van der Waals surface area contributed by atoms with Crippen molar-refractivity contribution < 1.29 is 12.8 Å². The number of furan rings is 1. The molecule has 2 heterocycles. The third kappa shape index (κ3) is 4.29. The fourth-order valence-corrected chi connectivity index (χ4v) is 3.96. The van der Waals surface area contributed by atoms with Crippen molar-refractivity contribution in [1.29, 1.82) is 0 Å². The summed E-state index contributed by atoms with van der Waals surface area (Å²) < 4.78 is 33.2. The molecule has 1 saturated heterocycles. The number of rotatable bonds is 6. The zero-order valence-electron chi connectivity index (χ0n) is 13.1. The maximum absolute atomic E-state index is 12.5. The lowest BCUT2D eigenvalue weighted by molar-refractivity contribution is 0.407. The molecule has 1 aliphatic rings. The molecule has 0 aliphatic carbocycles. The highest BCUT2D eigenvalue weighted by atomic mass is 32.2. The number of hydrogen-bond donors (Lipinski definition) is 2. The quantitative estimate of drug-likeness (QED) is 0.821. The van der Waals surface area contributed by atoms with Gasteiger partial charge in [-0.1, -0.05) is 13.8 Å². The minimum Gasteiger partial charge on any atom is -0.464 e. The minimum atomic E-state index is -3.51. The van der Waals surface area contributed by atoms with Gasteiger partial charge in [0.1, 0.15) is 16.4 Å². The van der Waals surface area contributed by atoms with Gasteiger partial charge in [-0.05, 0) is 26.9 Å². The number of likely N-dealkylation sites (N-methyl/N-ethyl adjacent to an activating group) is 1. The van der Waals surface area contributed by atoms with Crippen molar-refractivity contribution in [3.63, 3.8) is 0 Å². The van der Waals surface area contributed by atoms with Crippen molar-refractivity contribution in [1.82, 2.24) is 14.9 Å². The molecule has 0 bridgehead atoms. The van der Waals surface area contributed by atoms with E-state index in [1.165, 1.54) is 0 Å². The van der Waals surface area contributed by atoms with Crippen molar-refractivity contribution in [2.75, 3.05) is 20.1 Å². The van der Waals surface area contributed by atoms with Gasteiger partial charge in [0, 0.05) is 24.7 Å². The maximum Gasteiger partial charge on any atom is 0.244 e. The van der Waals surface area contributed by atoms with Crippen LogP contribution >= 0.6 is 0 Å². The van der Waals surface area contributed by atoms with E-state index in [1.54, 1.807) is 13.0 Å². The molecule has 1 atom stereocenters. The Kier molecular flexibility index (Phi) is 5.08. The Balaban J connectivity index is 2.08. The topological polar surface area (TPSA) is 74.6 Å². The van der Waals surface area contributed by atoms with E-state index in [0.717, 1.165) is 19.5 Å². The number of nitrogens with one attached hydrogen (secondary N) is 2. The highest BCUT2D eigenvalue weighted by molar-refractivity contribution is 7.89.